The molecule has 0 fully saturated rings. The molecule has 0 aliphatic rings. The Kier molecular flexibility index (Phi) is 4.54. The molecule has 0 spiro atoms. The SMILES string of the molecule is Cc1cccc(C)c1OC(C)NC(C)(C)CO. The molecule has 1 unspecified atom stereocenters. The lowest BCUT2D eigenvalue weighted by molar-refractivity contribution is 0.102. The van der Waals surface area contributed by atoms with Crippen molar-refractivity contribution in [3.63, 3.8) is 0 Å². The summed E-state index contributed by atoms with van der Waals surface area (Å²) < 4.78 is 5.89. The predicted octanol–water partition coefficient (Wildman–Crippen LogP) is 2.39. The lowest BCUT2D eigenvalue weighted by atomic mass is 10.1. The number of hydrogen-bond acceptors (Lipinski definition) is 3. The molecule has 1 aromatic rings. The first kappa shape index (κ1) is 14.0. The summed E-state index contributed by atoms with van der Waals surface area (Å²) in [6, 6.07) is 6.09. The van der Waals surface area contributed by atoms with Crippen molar-refractivity contribution < 1.29 is 9.84 Å². The molecule has 1 atom stereocenters. The smallest absolute Gasteiger partial charge is 0.147 e. The van der Waals surface area contributed by atoms with Crippen molar-refractivity contribution in [2.24, 2.45) is 0 Å². The van der Waals surface area contributed by atoms with Gasteiger partial charge in [-0.05, 0) is 45.7 Å². The van der Waals surface area contributed by atoms with Gasteiger partial charge in [0.2, 0.25) is 0 Å². The zero-order valence-corrected chi connectivity index (χ0v) is 11.4. The number of aryl methyl sites for hydroxylation is 2. The molecule has 0 heterocycles. The largest absolute Gasteiger partial charge is 0.475 e. The summed E-state index contributed by atoms with van der Waals surface area (Å²) in [6.07, 6.45) is -0.142. The van der Waals surface area contributed by atoms with E-state index in [0.29, 0.717) is 0 Å². The summed E-state index contributed by atoms with van der Waals surface area (Å²) in [7, 11) is 0. The summed E-state index contributed by atoms with van der Waals surface area (Å²) in [5.41, 5.74) is 1.91. The second-order valence-electron chi connectivity index (χ2n) is 5.17. The minimum atomic E-state index is -0.337. The molecular formula is C14H23NO2. The van der Waals surface area contributed by atoms with E-state index >= 15 is 0 Å². The zero-order valence-electron chi connectivity index (χ0n) is 11.4. The van der Waals surface area contributed by atoms with Crippen LogP contribution in [0, 0.1) is 13.8 Å². The zero-order chi connectivity index (χ0) is 13.1. The predicted molar refractivity (Wildman–Crippen MR) is 70.3 cm³/mol. The average molecular weight is 237 g/mol. The molecule has 0 aliphatic carbocycles. The van der Waals surface area contributed by atoms with Crippen molar-refractivity contribution in [1.82, 2.24) is 5.32 Å². The summed E-state index contributed by atoms with van der Waals surface area (Å²) in [5.74, 6) is 0.918. The minimum Gasteiger partial charge on any atom is -0.475 e. The van der Waals surface area contributed by atoms with Gasteiger partial charge in [-0.15, -0.1) is 0 Å². The molecule has 0 amide bonds. The molecule has 1 rings (SSSR count). The standard InChI is InChI=1S/C14H23NO2/c1-10-7-6-8-11(2)13(10)17-12(3)15-14(4,5)9-16/h6-8,12,15-16H,9H2,1-5H3. The molecule has 2 N–H and O–H groups in total. The Morgan fingerprint density at radius 1 is 1.29 bits per heavy atom. The Bertz CT molecular complexity index is 354. The average Bonchev–Trinajstić information content (AvgIpc) is 2.23. The fraction of sp³-hybridized carbons (Fsp3) is 0.571. The van der Waals surface area contributed by atoms with E-state index in [4.69, 9.17) is 4.74 Å². The molecule has 3 heteroatoms. The van der Waals surface area contributed by atoms with Crippen molar-refractivity contribution in [3.8, 4) is 5.75 Å². The molecule has 96 valence electrons. The fourth-order valence-corrected chi connectivity index (χ4v) is 1.79. The second kappa shape index (κ2) is 5.52. The normalized spacial score (nSPS) is 13.5. The van der Waals surface area contributed by atoms with Crippen molar-refractivity contribution in [3.05, 3.63) is 29.3 Å². The van der Waals surface area contributed by atoms with Gasteiger partial charge in [-0.3, -0.25) is 5.32 Å². The van der Waals surface area contributed by atoms with Gasteiger partial charge in [-0.1, -0.05) is 18.2 Å². The van der Waals surface area contributed by atoms with Gasteiger partial charge in [-0.25, -0.2) is 0 Å². The van der Waals surface area contributed by atoms with Crippen LogP contribution in [0.2, 0.25) is 0 Å². The quantitative estimate of drug-likeness (QED) is 0.773. The number of ether oxygens (including phenoxy) is 1. The Balaban J connectivity index is 2.72. The van der Waals surface area contributed by atoms with Crippen LogP contribution in [-0.4, -0.2) is 23.5 Å². The van der Waals surface area contributed by atoms with Gasteiger partial charge in [-0.2, -0.15) is 0 Å². The van der Waals surface area contributed by atoms with Crippen LogP contribution >= 0.6 is 0 Å². The van der Waals surface area contributed by atoms with E-state index < -0.39 is 0 Å². The van der Waals surface area contributed by atoms with Crippen LogP contribution < -0.4 is 10.1 Å². The highest BCUT2D eigenvalue weighted by atomic mass is 16.5. The first-order chi connectivity index (χ1) is 7.85. The molecule has 0 saturated carbocycles. The Morgan fingerprint density at radius 2 is 1.82 bits per heavy atom. The van der Waals surface area contributed by atoms with Crippen LogP contribution in [0.5, 0.6) is 5.75 Å². The third-order valence-corrected chi connectivity index (χ3v) is 2.69. The van der Waals surface area contributed by atoms with Gasteiger partial charge in [0, 0.05) is 5.54 Å². The fourth-order valence-electron chi connectivity index (χ4n) is 1.79. The van der Waals surface area contributed by atoms with Crippen molar-refractivity contribution in [2.75, 3.05) is 6.61 Å². The molecule has 17 heavy (non-hydrogen) atoms. The van der Waals surface area contributed by atoms with E-state index in [1.807, 2.05) is 52.8 Å². The first-order valence-electron chi connectivity index (χ1n) is 5.97. The number of benzene rings is 1. The highest BCUT2D eigenvalue weighted by Crippen LogP contribution is 2.23. The van der Waals surface area contributed by atoms with Crippen LogP contribution in [0.25, 0.3) is 0 Å². The molecule has 0 bridgehead atoms. The van der Waals surface area contributed by atoms with Crippen LogP contribution in [0.1, 0.15) is 31.9 Å². The molecule has 1 aromatic carbocycles. The van der Waals surface area contributed by atoms with Gasteiger partial charge in [0.05, 0.1) is 6.61 Å². The van der Waals surface area contributed by atoms with Crippen LogP contribution in [0.3, 0.4) is 0 Å². The van der Waals surface area contributed by atoms with E-state index in [1.165, 1.54) is 0 Å². The molecule has 0 aromatic heterocycles. The van der Waals surface area contributed by atoms with Crippen LogP contribution in [0.15, 0.2) is 18.2 Å². The molecule has 0 aliphatic heterocycles. The highest BCUT2D eigenvalue weighted by molar-refractivity contribution is 5.39. The maximum absolute atomic E-state index is 9.20. The van der Waals surface area contributed by atoms with E-state index in [-0.39, 0.29) is 18.4 Å². The molecule has 0 saturated heterocycles. The van der Waals surface area contributed by atoms with Crippen LogP contribution in [0.4, 0.5) is 0 Å². The Morgan fingerprint density at radius 3 is 2.29 bits per heavy atom. The molecule has 3 nitrogen and oxygen atoms in total. The number of rotatable bonds is 5. The maximum Gasteiger partial charge on any atom is 0.147 e. The van der Waals surface area contributed by atoms with Crippen molar-refractivity contribution in [2.45, 2.75) is 46.4 Å². The summed E-state index contributed by atoms with van der Waals surface area (Å²) in [6.45, 7) is 9.98. The molecule has 0 radical (unpaired) electrons. The number of aliphatic hydroxyl groups is 1. The highest BCUT2D eigenvalue weighted by Gasteiger charge is 2.20. The van der Waals surface area contributed by atoms with Crippen molar-refractivity contribution in [1.29, 1.82) is 0 Å². The van der Waals surface area contributed by atoms with Crippen molar-refractivity contribution >= 4 is 0 Å². The summed E-state index contributed by atoms with van der Waals surface area (Å²) in [4.78, 5) is 0. The van der Waals surface area contributed by atoms with Gasteiger partial charge < -0.3 is 9.84 Å². The van der Waals surface area contributed by atoms with Gasteiger partial charge in [0.1, 0.15) is 12.0 Å². The monoisotopic (exact) mass is 237 g/mol. The Labute approximate surface area is 104 Å². The summed E-state index contributed by atoms with van der Waals surface area (Å²) in [5, 5.41) is 12.4. The lowest BCUT2D eigenvalue weighted by Crippen LogP contribution is -2.49. The topological polar surface area (TPSA) is 41.5 Å². The minimum absolute atomic E-state index is 0.0768. The van der Waals surface area contributed by atoms with E-state index in [9.17, 15) is 5.11 Å². The van der Waals surface area contributed by atoms with Gasteiger partial charge in [0.15, 0.2) is 0 Å². The first-order valence-corrected chi connectivity index (χ1v) is 5.97. The lowest BCUT2D eigenvalue weighted by Gasteiger charge is -2.29. The number of aliphatic hydroxyl groups excluding tert-OH is 1. The van der Waals surface area contributed by atoms with E-state index in [0.717, 1.165) is 16.9 Å². The van der Waals surface area contributed by atoms with E-state index in [1.54, 1.807) is 0 Å². The number of para-hydroxylation sites is 1. The van der Waals surface area contributed by atoms with Gasteiger partial charge >= 0.3 is 0 Å². The third-order valence-electron chi connectivity index (χ3n) is 2.69. The van der Waals surface area contributed by atoms with Crippen LogP contribution in [-0.2, 0) is 0 Å². The Hall–Kier alpha value is -1.06. The van der Waals surface area contributed by atoms with E-state index in [2.05, 4.69) is 5.32 Å². The summed E-state index contributed by atoms with van der Waals surface area (Å²) >= 11 is 0. The molecular weight excluding hydrogens is 214 g/mol. The number of hydrogen-bond donors (Lipinski definition) is 2. The maximum atomic E-state index is 9.20. The number of nitrogens with one attached hydrogen (secondary N) is 1. The third kappa shape index (κ3) is 4.02. The second-order valence-corrected chi connectivity index (χ2v) is 5.17. The van der Waals surface area contributed by atoms with Gasteiger partial charge in [0.25, 0.3) is 0 Å².